The Morgan fingerprint density at radius 3 is 1.94 bits per heavy atom. The minimum absolute atomic E-state index is 0.0411. The summed E-state index contributed by atoms with van der Waals surface area (Å²) in [6, 6.07) is 4.48. The van der Waals surface area contributed by atoms with Crippen molar-refractivity contribution in [2.75, 3.05) is 13.2 Å². The fourth-order valence-corrected chi connectivity index (χ4v) is 2.68. The fraction of sp³-hybridized carbons (Fsp3) is 0.360. The summed E-state index contributed by atoms with van der Waals surface area (Å²) in [7, 11) is 0. The topological polar surface area (TPSA) is 49.7 Å². The lowest BCUT2D eigenvalue weighted by Gasteiger charge is -2.10. The smallest absolute Gasteiger partial charge is 0.201 e. The SMILES string of the molecule is OCCCCC#Cc1cc(F)c(COc2ccc(C#CCCCCO)c(F)c2F)c(F)c1. The molecule has 2 N–H and O–H groups in total. The van der Waals surface area contributed by atoms with Gasteiger partial charge in [0.15, 0.2) is 11.6 Å². The first-order valence-corrected chi connectivity index (χ1v) is 10.3. The normalized spacial score (nSPS) is 10.2. The second-order valence-electron chi connectivity index (χ2n) is 6.91. The number of aliphatic hydroxyl groups excluding tert-OH is 2. The van der Waals surface area contributed by atoms with E-state index >= 15 is 0 Å². The van der Waals surface area contributed by atoms with Gasteiger partial charge in [0, 0.05) is 31.6 Å². The molecule has 3 nitrogen and oxygen atoms in total. The lowest BCUT2D eigenvalue weighted by atomic mass is 10.1. The maximum atomic E-state index is 14.3. The zero-order valence-corrected chi connectivity index (χ0v) is 17.5. The van der Waals surface area contributed by atoms with Gasteiger partial charge >= 0.3 is 0 Å². The van der Waals surface area contributed by atoms with Gasteiger partial charge in [0.2, 0.25) is 5.82 Å². The number of halogens is 4. The van der Waals surface area contributed by atoms with Crippen LogP contribution in [-0.4, -0.2) is 23.4 Å². The summed E-state index contributed by atoms with van der Waals surface area (Å²) < 4.78 is 62.2. The Balaban J connectivity index is 2.06. The molecule has 7 heteroatoms. The van der Waals surface area contributed by atoms with Crippen molar-refractivity contribution in [2.24, 2.45) is 0 Å². The minimum Gasteiger partial charge on any atom is -0.485 e. The molecule has 0 aliphatic heterocycles. The number of hydrogen-bond acceptors (Lipinski definition) is 3. The molecule has 0 heterocycles. The summed E-state index contributed by atoms with van der Waals surface area (Å²) in [4.78, 5) is 0. The molecule has 2 rings (SSSR count). The highest BCUT2D eigenvalue weighted by Crippen LogP contribution is 2.25. The first kappa shape index (κ1) is 25.3. The maximum Gasteiger partial charge on any atom is 0.201 e. The van der Waals surface area contributed by atoms with Gasteiger partial charge in [-0.25, -0.2) is 13.2 Å². The molecule has 0 aromatic heterocycles. The van der Waals surface area contributed by atoms with E-state index in [9.17, 15) is 17.6 Å². The largest absolute Gasteiger partial charge is 0.485 e. The first-order valence-electron chi connectivity index (χ1n) is 10.3. The van der Waals surface area contributed by atoms with Crippen LogP contribution in [0, 0.1) is 47.0 Å². The quantitative estimate of drug-likeness (QED) is 0.328. The van der Waals surface area contributed by atoms with E-state index in [1.807, 2.05) is 0 Å². The summed E-state index contributed by atoms with van der Waals surface area (Å²) >= 11 is 0. The van der Waals surface area contributed by atoms with Crippen molar-refractivity contribution in [3.63, 3.8) is 0 Å². The number of ether oxygens (including phenoxy) is 1. The van der Waals surface area contributed by atoms with Gasteiger partial charge in [0.05, 0.1) is 11.1 Å². The van der Waals surface area contributed by atoms with Gasteiger partial charge in [0.25, 0.3) is 0 Å². The number of unbranched alkanes of at least 4 members (excludes halogenated alkanes) is 4. The van der Waals surface area contributed by atoms with Crippen LogP contribution >= 0.6 is 0 Å². The molecule has 32 heavy (non-hydrogen) atoms. The van der Waals surface area contributed by atoms with E-state index in [-0.39, 0.29) is 24.3 Å². The average molecular weight is 448 g/mol. The molecule has 0 amide bonds. The third kappa shape index (κ3) is 7.60. The molecule has 0 unspecified atom stereocenters. The Kier molecular flexibility index (Phi) is 10.6. The molecule has 170 valence electrons. The molecular formula is C25H24F4O3. The zero-order chi connectivity index (χ0) is 23.3. The predicted octanol–water partition coefficient (Wildman–Crippen LogP) is 4.85. The van der Waals surface area contributed by atoms with E-state index in [1.54, 1.807) is 0 Å². The Labute approximate surface area is 185 Å². The van der Waals surface area contributed by atoms with Crippen LogP contribution < -0.4 is 4.74 Å². The van der Waals surface area contributed by atoms with Crippen LogP contribution in [0.3, 0.4) is 0 Å². The van der Waals surface area contributed by atoms with Gasteiger partial charge in [-0.15, -0.1) is 0 Å². The second-order valence-corrected chi connectivity index (χ2v) is 6.91. The Hall–Kier alpha value is -3.00. The van der Waals surface area contributed by atoms with Gasteiger partial charge in [-0.2, -0.15) is 4.39 Å². The Bertz CT molecular complexity index is 1010. The molecular weight excluding hydrogens is 424 g/mol. The lowest BCUT2D eigenvalue weighted by molar-refractivity contribution is 0.273. The van der Waals surface area contributed by atoms with Gasteiger partial charge in [-0.3, -0.25) is 0 Å². The standard InChI is InChI=1S/C25H24F4O3/c26-21-15-18(9-5-1-3-7-13-30)16-22(27)20(21)17-32-23-12-11-19(24(28)25(23)29)10-6-2-4-8-14-31/h11-12,15-16,30-31H,1-4,7-8,13-14,17H2. The van der Waals surface area contributed by atoms with Crippen molar-refractivity contribution in [3.05, 3.63) is 64.2 Å². The second kappa shape index (κ2) is 13.4. The maximum absolute atomic E-state index is 14.3. The molecule has 0 aliphatic carbocycles. The zero-order valence-electron chi connectivity index (χ0n) is 17.5. The summed E-state index contributed by atoms with van der Waals surface area (Å²) in [5.41, 5.74) is -0.437. The van der Waals surface area contributed by atoms with Gasteiger partial charge in [-0.05, 0) is 49.9 Å². The van der Waals surface area contributed by atoms with Crippen molar-refractivity contribution in [2.45, 2.75) is 45.1 Å². The highest BCUT2D eigenvalue weighted by Gasteiger charge is 2.16. The summed E-state index contributed by atoms with van der Waals surface area (Å²) in [6.45, 7) is -0.532. The van der Waals surface area contributed by atoms with Crippen LogP contribution in [0.15, 0.2) is 24.3 Å². The molecule has 0 saturated carbocycles. The lowest BCUT2D eigenvalue weighted by Crippen LogP contribution is -2.05. The monoisotopic (exact) mass is 448 g/mol. The van der Waals surface area contributed by atoms with E-state index in [0.29, 0.717) is 38.5 Å². The van der Waals surface area contributed by atoms with Gasteiger partial charge in [-0.1, -0.05) is 23.7 Å². The van der Waals surface area contributed by atoms with E-state index in [1.165, 1.54) is 6.07 Å². The highest BCUT2D eigenvalue weighted by atomic mass is 19.2. The summed E-state index contributed by atoms with van der Waals surface area (Å²) in [6.07, 6.45) is 3.41. The predicted molar refractivity (Wildman–Crippen MR) is 113 cm³/mol. The Morgan fingerprint density at radius 1 is 0.750 bits per heavy atom. The van der Waals surface area contributed by atoms with Crippen molar-refractivity contribution >= 4 is 0 Å². The van der Waals surface area contributed by atoms with Crippen LogP contribution in [0.2, 0.25) is 0 Å². The molecule has 0 saturated heterocycles. The highest BCUT2D eigenvalue weighted by molar-refractivity contribution is 5.41. The third-order valence-electron chi connectivity index (χ3n) is 4.44. The molecule has 0 bridgehead atoms. The molecule has 0 spiro atoms. The van der Waals surface area contributed by atoms with E-state index < -0.39 is 41.2 Å². The van der Waals surface area contributed by atoms with Gasteiger partial charge < -0.3 is 14.9 Å². The number of benzene rings is 2. The number of rotatable bonds is 9. The molecule has 0 radical (unpaired) electrons. The van der Waals surface area contributed by atoms with Gasteiger partial charge in [0.1, 0.15) is 18.2 Å². The summed E-state index contributed by atoms with van der Waals surface area (Å²) in [5, 5.41) is 17.4. The van der Waals surface area contributed by atoms with Crippen molar-refractivity contribution in [3.8, 4) is 29.4 Å². The van der Waals surface area contributed by atoms with Crippen LogP contribution in [-0.2, 0) is 6.61 Å². The molecule has 0 atom stereocenters. The van der Waals surface area contributed by atoms with Crippen LogP contribution in [0.4, 0.5) is 17.6 Å². The van der Waals surface area contributed by atoms with E-state index in [0.717, 1.165) is 18.2 Å². The molecule has 2 aromatic carbocycles. The molecule has 2 aromatic rings. The first-order chi connectivity index (χ1) is 15.5. The number of aliphatic hydroxyl groups is 2. The van der Waals surface area contributed by atoms with Crippen molar-refractivity contribution in [1.82, 2.24) is 0 Å². The number of hydrogen-bond donors (Lipinski definition) is 2. The molecule has 0 aliphatic rings. The average Bonchev–Trinajstić information content (AvgIpc) is 2.77. The molecule has 0 fully saturated rings. The fourth-order valence-electron chi connectivity index (χ4n) is 2.68. The minimum atomic E-state index is -1.29. The Morgan fingerprint density at radius 2 is 1.34 bits per heavy atom. The van der Waals surface area contributed by atoms with Crippen molar-refractivity contribution in [1.29, 1.82) is 0 Å². The van der Waals surface area contributed by atoms with E-state index in [4.69, 9.17) is 14.9 Å². The van der Waals surface area contributed by atoms with Crippen LogP contribution in [0.5, 0.6) is 5.75 Å². The third-order valence-corrected chi connectivity index (χ3v) is 4.44. The van der Waals surface area contributed by atoms with E-state index in [2.05, 4.69) is 23.7 Å². The van der Waals surface area contributed by atoms with Crippen molar-refractivity contribution < 1.29 is 32.5 Å². The summed E-state index contributed by atoms with van der Waals surface area (Å²) in [5.74, 6) is 5.84. The van der Waals surface area contributed by atoms with Crippen LogP contribution in [0.25, 0.3) is 0 Å². The van der Waals surface area contributed by atoms with Crippen LogP contribution in [0.1, 0.15) is 55.2 Å².